The molecule has 3 aromatic rings. The van der Waals surface area contributed by atoms with Crippen LogP contribution in [0.3, 0.4) is 0 Å². The van der Waals surface area contributed by atoms with Gasteiger partial charge >= 0.3 is 0 Å². The number of benzene rings is 2. The molecule has 0 aliphatic carbocycles. The van der Waals surface area contributed by atoms with Gasteiger partial charge in [-0.2, -0.15) is 0 Å². The van der Waals surface area contributed by atoms with Crippen LogP contribution in [0.15, 0.2) is 42.6 Å². The Morgan fingerprint density at radius 1 is 1.23 bits per heavy atom. The van der Waals surface area contributed by atoms with Crippen molar-refractivity contribution in [3.05, 3.63) is 54.0 Å². The predicted molar refractivity (Wildman–Crippen MR) is 106 cm³/mol. The van der Waals surface area contributed by atoms with Crippen molar-refractivity contribution in [2.75, 3.05) is 17.6 Å². The highest BCUT2D eigenvalue weighted by molar-refractivity contribution is 5.98. The van der Waals surface area contributed by atoms with E-state index in [-0.39, 0.29) is 12.0 Å². The normalized spacial score (nSPS) is 17.4. The van der Waals surface area contributed by atoms with Crippen molar-refractivity contribution in [3.8, 4) is 11.1 Å². The Morgan fingerprint density at radius 3 is 2.88 bits per heavy atom. The Balaban J connectivity index is 1.86. The second kappa shape index (κ2) is 6.92. The highest BCUT2D eigenvalue weighted by atomic mass is 19.1. The fourth-order valence-corrected chi connectivity index (χ4v) is 3.70. The standard InChI is InChI=1S/C21H23FN4/c1-13-5-4-6-17(22)21(13)14-9-15-12-25-19(23)11-16(15)18(10-14)26-20-7-2-3-8-24-20/h4-6,9-12,20,24,26H,2-3,7-8H2,1H3,(H2,23,25)/t20-/m1/s1. The lowest BCUT2D eigenvalue weighted by atomic mass is 9.96. The first-order chi connectivity index (χ1) is 12.6. The third kappa shape index (κ3) is 3.22. The maximum Gasteiger partial charge on any atom is 0.131 e. The van der Waals surface area contributed by atoms with Crippen molar-refractivity contribution in [1.82, 2.24) is 10.3 Å². The number of nitrogens with zero attached hydrogens (tertiary/aromatic N) is 1. The molecule has 1 aromatic heterocycles. The molecule has 1 saturated heterocycles. The van der Waals surface area contributed by atoms with Gasteiger partial charge in [0.25, 0.3) is 0 Å². The summed E-state index contributed by atoms with van der Waals surface area (Å²) in [7, 11) is 0. The van der Waals surface area contributed by atoms with Gasteiger partial charge in [0.15, 0.2) is 0 Å². The number of aromatic nitrogens is 1. The van der Waals surface area contributed by atoms with Gasteiger partial charge in [0.05, 0.1) is 6.17 Å². The molecule has 1 fully saturated rings. The Bertz CT molecular complexity index is 928. The van der Waals surface area contributed by atoms with Crippen LogP contribution >= 0.6 is 0 Å². The lowest BCUT2D eigenvalue weighted by Gasteiger charge is -2.26. The molecule has 4 nitrogen and oxygen atoms in total. The number of rotatable bonds is 3. The third-order valence-electron chi connectivity index (χ3n) is 5.01. The molecule has 5 heteroatoms. The fourth-order valence-electron chi connectivity index (χ4n) is 3.70. The first-order valence-corrected chi connectivity index (χ1v) is 9.06. The summed E-state index contributed by atoms with van der Waals surface area (Å²) in [6, 6.07) is 11.0. The smallest absolute Gasteiger partial charge is 0.131 e. The molecule has 2 heterocycles. The van der Waals surface area contributed by atoms with Crippen LogP contribution < -0.4 is 16.4 Å². The van der Waals surface area contributed by atoms with Gasteiger partial charge in [-0.1, -0.05) is 12.1 Å². The van der Waals surface area contributed by atoms with E-state index in [9.17, 15) is 4.39 Å². The number of hydrogen-bond donors (Lipinski definition) is 3. The highest BCUT2D eigenvalue weighted by Gasteiger charge is 2.16. The molecule has 1 aliphatic rings. The van der Waals surface area contributed by atoms with Gasteiger partial charge < -0.3 is 11.1 Å². The van der Waals surface area contributed by atoms with Crippen LogP contribution in [0, 0.1) is 12.7 Å². The number of piperidine rings is 1. The molecule has 0 amide bonds. The van der Waals surface area contributed by atoms with Gasteiger partial charge in [-0.15, -0.1) is 0 Å². The zero-order valence-electron chi connectivity index (χ0n) is 14.8. The molecular formula is C21H23FN4. The number of pyridine rings is 1. The van der Waals surface area contributed by atoms with Crippen molar-refractivity contribution in [1.29, 1.82) is 0 Å². The summed E-state index contributed by atoms with van der Waals surface area (Å²) in [5, 5.41) is 9.02. The van der Waals surface area contributed by atoms with Crippen LogP contribution in [0.1, 0.15) is 24.8 Å². The molecule has 0 spiro atoms. The Kier molecular flexibility index (Phi) is 4.47. The van der Waals surface area contributed by atoms with E-state index in [0.717, 1.165) is 40.6 Å². The van der Waals surface area contributed by atoms with Crippen LogP contribution in [0.5, 0.6) is 0 Å². The fraction of sp³-hybridized carbons (Fsp3) is 0.286. The first-order valence-electron chi connectivity index (χ1n) is 9.06. The highest BCUT2D eigenvalue weighted by Crippen LogP contribution is 2.35. The minimum atomic E-state index is -0.213. The van der Waals surface area contributed by atoms with E-state index < -0.39 is 0 Å². The second-order valence-corrected chi connectivity index (χ2v) is 6.93. The largest absolute Gasteiger partial charge is 0.384 e. The van der Waals surface area contributed by atoms with E-state index >= 15 is 0 Å². The van der Waals surface area contributed by atoms with Crippen molar-refractivity contribution >= 4 is 22.3 Å². The van der Waals surface area contributed by atoms with Crippen LogP contribution in [-0.2, 0) is 0 Å². The van der Waals surface area contributed by atoms with Gasteiger partial charge in [0.1, 0.15) is 11.6 Å². The number of nitrogens with one attached hydrogen (secondary N) is 2. The van der Waals surface area contributed by atoms with Crippen molar-refractivity contribution in [2.24, 2.45) is 0 Å². The van der Waals surface area contributed by atoms with Crippen LogP contribution in [0.25, 0.3) is 21.9 Å². The molecule has 1 atom stereocenters. The number of nitrogen functional groups attached to an aromatic ring is 1. The van der Waals surface area contributed by atoms with E-state index in [4.69, 9.17) is 5.73 Å². The van der Waals surface area contributed by atoms with E-state index in [1.807, 2.05) is 31.2 Å². The first kappa shape index (κ1) is 16.8. The monoisotopic (exact) mass is 350 g/mol. The maximum atomic E-state index is 14.5. The quantitative estimate of drug-likeness (QED) is 0.653. The molecule has 0 unspecified atom stereocenters. The molecule has 0 radical (unpaired) electrons. The number of nitrogens with two attached hydrogens (primary N) is 1. The number of fused-ring (bicyclic) bond motifs is 1. The van der Waals surface area contributed by atoms with E-state index in [1.54, 1.807) is 12.3 Å². The summed E-state index contributed by atoms with van der Waals surface area (Å²) < 4.78 is 14.5. The molecule has 0 bridgehead atoms. The van der Waals surface area contributed by atoms with Crippen molar-refractivity contribution in [2.45, 2.75) is 32.4 Å². The number of halogens is 1. The van der Waals surface area contributed by atoms with Crippen LogP contribution in [0.2, 0.25) is 0 Å². The minimum Gasteiger partial charge on any atom is -0.384 e. The average Bonchev–Trinajstić information content (AvgIpc) is 2.63. The van der Waals surface area contributed by atoms with Crippen molar-refractivity contribution in [3.63, 3.8) is 0 Å². The zero-order valence-corrected chi connectivity index (χ0v) is 14.8. The lowest BCUT2D eigenvalue weighted by molar-refractivity contribution is 0.433. The average molecular weight is 350 g/mol. The van der Waals surface area contributed by atoms with Gasteiger partial charge in [0, 0.05) is 28.2 Å². The number of anilines is 2. The Hall–Kier alpha value is -2.66. The van der Waals surface area contributed by atoms with Crippen molar-refractivity contribution < 1.29 is 4.39 Å². The molecule has 4 N–H and O–H groups in total. The molecule has 1 aliphatic heterocycles. The predicted octanol–water partition coefficient (Wildman–Crippen LogP) is 4.44. The summed E-state index contributed by atoms with van der Waals surface area (Å²) in [5.74, 6) is 0.265. The third-order valence-corrected chi connectivity index (χ3v) is 5.01. The summed E-state index contributed by atoms with van der Waals surface area (Å²) in [5.41, 5.74) is 9.25. The zero-order chi connectivity index (χ0) is 18.1. The molecular weight excluding hydrogens is 327 g/mol. The molecule has 134 valence electrons. The van der Waals surface area contributed by atoms with Crippen LogP contribution in [-0.4, -0.2) is 17.7 Å². The molecule has 4 rings (SSSR count). The lowest BCUT2D eigenvalue weighted by Crippen LogP contribution is -2.40. The molecule has 0 saturated carbocycles. The molecule has 2 aromatic carbocycles. The van der Waals surface area contributed by atoms with E-state index in [1.165, 1.54) is 18.9 Å². The van der Waals surface area contributed by atoms with Gasteiger partial charge in [0.2, 0.25) is 0 Å². The second-order valence-electron chi connectivity index (χ2n) is 6.93. The minimum absolute atomic E-state index is 0.207. The number of hydrogen-bond acceptors (Lipinski definition) is 4. The Morgan fingerprint density at radius 2 is 2.12 bits per heavy atom. The van der Waals surface area contributed by atoms with Gasteiger partial charge in [-0.25, -0.2) is 9.37 Å². The summed E-state index contributed by atoms with van der Waals surface area (Å²) in [4.78, 5) is 4.22. The summed E-state index contributed by atoms with van der Waals surface area (Å²) >= 11 is 0. The van der Waals surface area contributed by atoms with Crippen LogP contribution in [0.4, 0.5) is 15.9 Å². The maximum absolute atomic E-state index is 14.5. The Labute approximate surface area is 152 Å². The molecule has 26 heavy (non-hydrogen) atoms. The van der Waals surface area contributed by atoms with Gasteiger partial charge in [-0.3, -0.25) is 5.32 Å². The summed E-state index contributed by atoms with van der Waals surface area (Å²) in [6.07, 6.45) is 5.41. The van der Waals surface area contributed by atoms with E-state index in [2.05, 4.69) is 15.6 Å². The SMILES string of the molecule is Cc1cccc(F)c1-c1cc(N[C@@H]2CCCCN2)c2cc(N)ncc2c1. The van der Waals surface area contributed by atoms with Gasteiger partial charge in [-0.05, 0) is 68.1 Å². The number of aryl methyl sites for hydroxylation is 1. The van der Waals surface area contributed by atoms with E-state index in [0.29, 0.717) is 11.4 Å². The topological polar surface area (TPSA) is 63.0 Å². The summed E-state index contributed by atoms with van der Waals surface area (Å²) in [6.45, 7) is 2.94.